The number of hydrogen-bond donors (Lipinski definition) is 0. The molecule has 0 aromatic rings. The van der Waals surface area contributed by atoms with Crippen LogP contribution in [0.4, 0.5) is 17.3 Å². The number of halogens is 4. The van der Waals surface area contributed by atoms with Gasteiger partial charge in [-0.25, -0.2) is 0 Å². The molecule has 10 heteroatoms. The van der Waals surface area contributed by atoms with Crippen molar-refractivity contribution >= 4 is 7.25 Å². The minimum Gasteiger partial charge on any atom is 0 e. The second-order valence-electron chi connectivity index (χ2n) is 2.16. The number of allylic oxidation sites excluding steroid dienone is 2. The first-order valence-corrected chi connectivity index (χ1v) is 4.15. The summed E-state index contributed by atoms with van der Waals surface area (Å²) in [4.78, 5) is 0. The maximum atomic E-state index is 9.75. The Bertz CT molecular complexity index is 280. The van der Waals surface area contributed by atoms with E-state index in [9.17, 15) is 17.3 Å². The van der Waals surface area contributed by atoms with Crippen molar-refractivity contribution < 1.29 is 53.0 Å². The predicted molar refractivity (Wildman–Crippen MR) is 55.1 cm³/mol. The smallest absolute Gasteiger partial charge is 0 e. The van der Waals surface area contributed by atoms with E-state index in [2.05, 4.69) is 26.0 Å². The van der Waals surface area contributed by atoms with Gasteiger partial charge in [0.05, 0.1) is 0 Å². The Balaban J connectivity index is -0.0000000550. The van der Waals surface area contributed by atoms with Gasteiger partial charge >= 0.3 is 41.2 Å². The summed E-state index contributed by atoms with van der Waals surface area (Å²) in [7, 11) is -4.31. The van der Waals surface area contributed by atoms with Crippen LogP contribution in [0.1, 0.15) is 6.42 Å². The van der Waals surface area contributed by atoms with E-state index in [0.717, 1.165) is 12.5 Å². The van der Waals surface area contributed by atoms with E-state index in [1.54, 1.807) is 7.11 Å². The van der Waals surface area contributed by atoms with Crippen molar-refractivity contribution in [2.24, 2.45) is 0 Å². The van der Waals surface area contributed by atoms with Crippen LogP contribution in [0, 0.1) is 26.1 Å². The monoisotopic (exact) mass is 336 g/mol. The van der Waals surface area contributed by atoms with Crippen LogP contribution < -0.4 is 0 Å². The molecule has 0 bridgehead atoms. The van der Waals surface area contributed by atoms with Gasteiger partial charge in [-0.1, -0.05) is 18.2 Å². The molecule has 0 unspecified atom stereocenters. The molecular weight excluding hydrogens is 327 g/mol. The third-order valence-electron chi connectivity index (χ3n) is 1.11. The molecule has 0 aliphatic heterocycles. The molecule has 0 amide bonds. The van der Waals surface area contributed by atoms with Crippen LogP contribution in [0.15, 0.2) is 24.3 Å². The standard InChI is InChI=1S/C7H9O.3CO.BF4.Fe/c1-8-7-5-3-2-4-6-7;3*1-2;2-1(3,4)5;/h2-5H,6H2,1H3;;;;;/q;;;;-1;. The maximum Gasteiger partial charge on any atom is 0 e. The zero-order chi connectivity index (χ0) is 16.3. The van der Waals surface area contributed by atoms with Gasteiger partial charge in [0.25, 0.3) is 0 Å². The summed E-state index contributed by atoms with van der Waals surface area (Å²) in [5.41, 5.74) is 0. The number of hydrogen-bond acceptors (Lipinski definition) is 1. The van der Waals surface area contributed by atoms with Crippen molar-refractivity contribution in [2.45, 2.75) is 6.42 Å². The fourth-order valence-corrected chi connectivity index (χ4v) is 0.645. The summed E-state index contributed by atoms with van der Waals surface area (Å²) in [6.45, 7) is 13.5. The molecule has 1 aliphatic rings. The molecule has 1 rings (SSSR count). The van der Waals surface area contributed by atoms with Crippen LogP contribution in [0.3, 0.4) is 0 Å². The van der Waals surface area contributed by atoms with Gasteiger partial charge in [0, 0.05) is 30.6 Å². The zero-order valence-corrected chi connectivity index (χ0v) is 11.2. The Kier molecular flexibility index (Phi) is 41.6. The Morgan fingerprint density at radius 1 is 1.00 bits per heavy atom. The van der Waals surface area contributed by atoms with Gasteiger partial charge < -0.3 is 22.0 Å². The molecule has 113 valence electrons. The minimum atomic E-state index is -6.00. The quantitative estimate of drug-likeness (QED) is 0.314. The van der Waals surface area contributed by atoms with E-state index in [-0.39, 0.29) is 17.1 Å². The number of rotatable bonds is 1. The van der Waals surface area contributed by atoms with Gasteiger partial charge in [-0.3, -0.25) is 0 Å². The number of ether oxygens (including phenoxy) is 1. The summed E-state index contributed by atoms with van der Waals surface area (Å²) >= 11 is 0. The van der Waals surface area contributed by atoms with E-state index in [4.69, 9.17) is 18.7 Å². The molecule has 4 nitrogen and oxygen atoms in total. The minimum absolute atomic E-state index is 0. The topological polar surface area (TPSA) is 68.9 Å². The van der Waals surface area contributed by atoms with Crippen LogP contribution in [0.5, 0.6) is 0 Å². The van der Waals surface area contributed by atoms with Gasteiger partial charge in [0.15, 0.2) is 0 Å². The molecule has 0 aromatic heterocycles. The van der Waals surface area contributed by atoms with E-state index in [1.807, 2.05) is 18.2 Å². The van der Waals surface area contributed by atoms with Crippen LogP contribution in [-0.2, 0) is 35.8 Å². The summed E-state index contributed by atoms with van der Waals surface area (Å²) in [5, 5.41) is 0. The average molecular weight is 336 g/mol. The van der Waals surface area contributed by atoms with Gasteiger partial charge in [0.1, 0.15) is 6.10 Å². The van der Waals surface area contributed by atoms with E-state index in [0.29, 0.717) is 0 Å². The molecule has 1 radical (unpaired) electrons. The molecular formula is C10H9BF4FeO4-. The molecule has 0 N–H and O–H groups in total. The van der Waals surface area contributed by atoms with Crippen LogP contribution in [0.2, 0.25) is 0 Å². The third-order valence-corrected chi connectivity index (χ3v) is 1.11. The Labute approximate surface area is 125 Å². The molecule has 0 saturated heterocycles. The maximum absolute atomic E-state index is 9.75. The Hall–Kier alpha value is -1.04. The zero-order valence-electron chi connectivity index (χ0n) is 10.1. The first-order valence-electron chi connectivity index (χ1n) is 4.15. The fourth-order valence-electron chi connectivity index (χ4n) is 0.645. The molecule has 0 saturated carbocycles. The molecule has 1 aliphatic carbocycles. The van der Waals surface area contributed by atoms with Gasteiger partial charge in [-0.15, -0.1) is 0 Å². The van der Waals surface area contributed by atoms with Crippen molar-refractivity contribution in [2.75, 3.05) is 7.11 Å². The van der Waals surface area contributed by atoms with Crippen LogP contribution in [0.25, 0.3) is 0 Å². The molecule has 0 spiro atoms. The molecule has 0 fully saturated rings. The second kappa shape index (κ2) is 26.5. The largest absolute Gasteiger partial charge is 0 e. The van der Waals surface area contributed by atoms with Crippen molar-refractivity contribution in [3.63, 3.8) is 0 Å². The summed E-state index contributed by atoms with van der Waals surface area (Å²) in [6.07, 6.45) is 10.0. The molecule has 0 aromatic carbocycles. The molecule has 0 atom stereocenters. The molecule has 0 heterocycles. The SMILES string of the molecule is CO[C]1C=CC=CC1.F[B-](F)(F)F.[C-]#[O+].[C-]#[O+].[C-]#[O+].[Fe]. The average Bonchev–Trinajstić information content (AvgIpc) is 2.44. The fraction of sp³-hybridized carbons (Fsp3) is 0.200. The van der Waals surface area contributed by atoms with Crippen molar-refractivity contribution in [3.05, 3.63) is 50.4 Å². The Morgan fingerprint density at radius 3 is 1.50 bits per heavy atom. The normalized spacial score (nSPS) is 11.2. The first kappa shape index (κ1) is 31.4. The van der Waals surface area contributed by atoms with Gasteiger partial charge in [0.2, 0.25) is 0 Å². The van der Waals surface area contributed by atoms with Crippen molar-refractivity contribution in [3.8, 4) is 0 Å². The van der Waals surface area contributed by atoms with E-state index >= 15 is 0 Å². The Morgan fingerprint density at radius 2 is 1.35 bits per heavy atom. The second-order valence-corrected chi connectivity index (χ2v) is 2.16. The summed E-state index contributed by atoms with van der Waals surface area (Å²) < 4.78 is 66.5. The predicted octanol–water partition coefficient (Wildman–Crippen LogP) is 2.87. The van der Waals surface area contributed by atoms with E-state index < -0.39 is 7.25 Å². The first-order chi connectivity index (χ1) is 8.93. The van der Waals surface area contributed by atoms with Crippen molar-refractivity contribution in [1.82, 2.24) is 0 Å². The summed E-state index contributed by atoms with van der Waals surface area (Å²) in [5.74, 6) is 0. The van der Waals surface area contributed by atoms with Crippen LogP contribution >= 0.6 is 0 Å². The van der Waals surface area contributed by atoms with Gasteiger partial charge in [-0.05, 0) is 6.08 Å². The third kappa shape index (κ3) is 53.8. The summed E-state index contributed by atoms with van der Waals surface area (Å²) in [6, 6.07) is 0. The van der Waals surface area contributed by atoms with Crippen LogP contribution in [-0.4, -0.2) is 14.4 Å². The van der Waals surface area contributed by atoms with Crippen molar-refractivity contribution in [1.29, 1.82) is 0 Å². The number of methoxy groups -OCH3 is 1. The van der Waals surface area contributed by atoms with E-state index in [1.165, 1.54) is 0 Å². The molecule has 20 heavy (non-hydrogen) atoms. The van der Waals surface area contributed by atoms with Gasteiger partial charge in [-0.2, -0.15) is 0 Å².